The molecular formula is C21H16N6O. The highest BCUT2D eigenvalue weighted by Gasteiger charge is 2.15. The summed E-state index contributed by atoms with van der Waals surface area (Å²) in [7, 11) is 1.92. The van der Waals surface area contributed by atoms with Crippen molar-refractivity contribution in [2.24, 2.45) is 7.05 Å². The van der Waals surface area contributed by atoms with Crippen LogP contribution in [0, 0.1) is 0 Å². The third-order valence-corrected chi connectivity index (χ3v) is 4.64. The fourth-order valence-corrected chi connectivity index (χ4v) is 3.26. The number of nitrogens with zero attached hydrogens (tertiary/aromatic N) is 4. The van der Waals surface area contributed by atoms with Crippen molar-refractivity contribution in [3.05, 3.63) is 72.6 Å². The molecule has 4 heterocycles. The van der Waals surface area contributed by atoms with Gasteiger partial charge in [0.15, 0.2) is 11.5 Å². The minimum Gasteiger partial charge on any atom is -0.337 e. The van der Waals surface area contributed by atoms with Gasteiger partial charge < -0.3 is 14.9 Å². The van der Waals surface area contributed by atoms with E-state index < -0.39 is 0 Å². The average molecular weight is 368 g/mol. The third-order valence-electron chi connectivity index (χ3n) is 4.64. The number of aryl methyl sites for hydroxylation is 1. The van der Waals surface area contributed by atoms with Gasteiger partial charge in [0.05, 0.1) is 17.6 Å². The molecule has 0 bridgehead atoms. The van der Waals surface area contributed by atoms with E-state index in [0.29, 0.717) is 16.8 Å². The number of imidazole rings is 1. The van der Waals surface area contributed by atoms with Crippen LogP contribution in [0.5, 0.6) is 0 Å². The number of fused-ring (bicyclic) bond motifs is 2. The number of amides is 1. The van der Waals surface area contributed by atoms with Crippen molar-refractivity contribution in [1.29, 1.82) is 0 Å². The zero-order valence-corrected chi connectivity index (χ0v) is 15.0. The Balaban J connectivity index is 1.51. The molecule has 0 spiro atoms. The SMILES string of the molecule is Cn1c(-c2cc3cccnc3[nH]2)nc2cc(NC(=O)c3ccccc3)cnc21. The summed E-state index contributed by atoms with van der Waals surface area (Å²) >= 11 is 0. The maximum absolute atomic E-state index is 12.4. The van der Waals surface area contributed by atoms with Gasteiger partial charge in [0.1, 0.15) is 11.2 Å². The molecule has 1 aromatic carbocycles. The molecule has 0 saturated carbocycles. The van der Waals surface area contributed by atoms with E-state index in [9.17, 15) is 4.79 Å². The van der Waals surface area contributed by atoms with E-state index in [-0.39, 0.29) is 5.91 Å². The van der Waals surface area contributed by atoms with E-state index in [1.165, 1.54) is 0 Å². The number of aromatic amines is 1. The Morgan fingerprint density at radius 2 is 1.93 bits per heavy atom. The topological polar surface area (TPSA) is 88.5 Å². The quantitative estimate of drug-likeness (QED) is 0.507. The van der Waals surface area contributed by atoms with Crippen molar-refractivity contribution in [2.75, 3.05) is 5.32 Å². The number of carbonyl (C=O) groups is 1. The molecular weight excluding hydrogens is 352 g/mol. The van der Waals surface area contributed by atoms with Crippen LogP contribution in [-0.4, -0.2) is 30.4 Å². The molecule has 5 rings (SSSR count). The number of anilines is 1. The summed E-state index contributed by atoms with van der Waals surface area (Å²) in [5, 5.41) is 3.89. The van der Waals surface area contributed by atoms with E-state index in [1.54, 1.807) is 24.5 Å². The van der Waals surface area contributed by atoms with E-state index >= 15 is 0 Å². The number of benzene rings is 1. The lowest BCUT2D eigenvalue weighted by Crippen LogP contribution is -2.11. The molecule has 7 nitrogen and oxygen atoms in total. The van der Waals surface area contributed by atoms with Crippen LogP contribution in [0.4, 0.5) is 5.69 Å². The number of H-pyrrole nitrogens is 1. The van der Waals surface area contributed by atoms with Crippen LogP contribution in [0.2, 0.25) is 0 Å². The van der Waals surface area contributed by atoms with E-state index in [1.807, 2.05) is 54.1 Å². The van der Waals surface area contributed by atoms with Gasteiger partial charge in [0.2, 0.25) is 0 Å². The molecule has 0 aliphatic heterocycles. The number of pyridine rings is 2. The maximum atomic E-state index is 12.4. The summed E-state index contributed by atoms with van der Waals surface area (Å²) in [4.78, 5) is 29.2. The number of nitrogens with one attached hydrogen (secondary N) is 2. The molecule has 136 valence electrons. The molecule has 0 saturated heterocycles. The molecule has 0 atom stereocenters. The molecule has 0 unspecified atom stereocenters. The van der Waals surface area contributed by atoms with E-state index in [2.05, 4.69) is 20.3 Å². The molecule has 2 N–H and O–H groups in total. The van der Waals surface area contributed by atoms with E-state index in [0.717, 1.165) is 28.2 Å². The summed E-state index contributed by atoms with van der Waals surface area (Å²) in [6, 6.07) is 16.8. The minimum absolute atomic E-state index is 0.181. The molecule has 28 heavy (non-hydrogen) atoms. The number of hydrogen-bond donors (Lipinski definition) is 2. The Bertz CT molecular complexity index is 1290. The summed E-state index contributed by atoms with van der Waals surface area (Å²) in [5.74, 6) is 0.576. The number of carbonyl (C=O) groups excluding carboxylic acids is 1. The zero-order valence-electron chi connectivity index (χ0n) is 15.0. The molecule has 7 heteroatoms. The lowest BCUT2D eigenvalue weighted by molar-refractivity contribution is 0.102. The van der Waals surface area contributed by atoms with Gasteiger partial charge in [0.25, 0.3) is 5.91 Å². The van der Waals surface area contributed by atoms with Gasteiger partial charge >= 0.3 is 0 Å². The van der Waals surface area contributed by atoms with Crippen molar-refractivity contribution >= 4 is 33.8 Å². The Morgan fingerprint density at radius 3 is 2.75 bits per heavy atom. The van der Waals surface area contributed by atoms with Gasteiger partial charge in [-0.3, -0.25) is 4.79 Å². The highest BCUT2D eigenvalue weighted by atomic mass is 16.1. The van der Waals surface area contributed by atoms with Crippen LogP contribution in [0.25, 0.3) is 33.7 Å². The molecule has 1 amide bonds. The highest BCUT2D eigenvalue weighted by Crippen LogP contribution is 2.26. The van der Waals surface area contributed by atoms with Gasteiger partial charge in [-0.05, 0) is 36.4 Å². The Labute approximate surface area is 160 Å². The molecule has 4 aromatic heterocycles. The first-order valence-corrected chi connectivity index (χ1v) is 8.82. The van der Waals surface area contributed by atoms with Crippen molar-refractivity contribution in [1.82, 2.24) is 24.5 Å². The van der Waals surface area contributed by atoms with Crippen molar-refractivity contribution in [2.45, 2.75) is 0 Å². The second-order valence-corrected chi connectivity index (χ2v) is 6.51. The zero-order chi connectivity index (χ0) is 19.1. The first kappa shape index (κ1) is 16.2. The molecule has 0 radical (unpaired) electrons. The Kier molecular flexibility index (Phi) is 3.65. The van der Waals surface area contributed by atoms with Crippen LogP contribution in [0.3, 0.4) is 0 Å². The van der Waals surface area contributed by atoms with Gasteiger partial charge in [0, 0.05) is 24.2 Å². The first-order valence-electron chi connectivity index (χ1n) is 8.82. The van der Waals surface area contributed by atoms with Gasteiger partial charge in [-0.15, -0.1) is 0 Å². The summed E-state index contributed by atoms with van der Waals surface area (Å²) < 4.78 is 1.92. The Hall–Kier alpha value is -4.00. The summed E-state index contributed by atoms with van der Waals surface area (Å²) in [6.07, 6.45) is 3.39. The number of rotatable bonds is 3. The lowest BCUT2D eigenvalue weighted by Gasteiger charge is -2.04. The van der Waals surface area contributed by atoms with Crippen LogP contribution in [0.15, 0.2) is 67.0 Å². The van der Waals surface area contributed by atoms with Crippen molar-refractivity contribution in [3.8, 4) is 11.5 Å². The number of hydrogen-bond acceptors (Lipinski definition) is 4. The maximum Gasteiger partial charge on any atom is 0.255 e. The smallest absolute Gasteiger partial charge is 0.255 e. The lowest BCUT2D eigenvalue weighted by atomic mass is 10.2. The van der Waals surface area contributed by atoms with Gasteiger partial charge in [-0.2, -0.15) is 0 Å². The normalized spacial score (nSPS) is 11.2. The van der Waals surface area contributed by atoms with Crippen LogP contribution >= 0.6 is 0 Å². The molecule has 0 aliphatic rings. The third kappa shape index (κ3) is 2.69. The standard InChI is InChI=1S/C21H16N6O/c1-27-19-17(26-20(27)16-10-14-8-5-9-22-18(14)25-16)11-15(12-23-19)24-21(28)13-6-3-2-4-7-13/h2-12H,1H3,(H,22,25)(H,24,28). The first-order chi connectivity index (χ1) is 13.7. The summed E-state index contributed by atoms with van der Waals surface area (Å²) in [6.45, 7) is 0. The average Bonchev–Trinajstić information content (AvgIpc) is 3.29. The van der Waals surface area contributed by atoms with E-state index in [4.69, 9.17) is 4.98 Å². The largest absolute Gasteiger partial charge is 0.337 e. The predicted octanol–water partition coefficient (Wildman–Crippen LogP) is 3.76. The molecule has 5 aromatic rings. The number of aromatic nitrogens is 5. The van der Waals surface area contributed by atoms with Gasteiger partial charge in [-0.25, -0.2) is 15.0 Å². The van der Waals surface area contributed by atoms with Crippen molar-refractivity contribution in [3.63, 3.8) is 0 Å². The van der Waals surface area contributed by atoms with Gasteiger partial charge in [-0.1, -0.05) is 18.2 Å². The fourth-order valence-electron chi connectivity index (χ4n) is 3.26. The molecule has 0 aliphatic carbocycles. The van der Waals surface area contributed by atoms with Crippen LogP contribution in [-0.2, 0) is 7.05 Å². The van der Waals surface area contributed by atoms with Crippen molar-refractivity contribution < 1.29 is 4.79 Å². The van der Waals surface area contributed by atoms with Crippen LogP contribution in [0.1, 0.15) is 10.4 Å². The second kappa shape index (κ2) is 6.31. The molecule has 0 fully saturated rings. The predicted molar refractivity (Wildman–Crippen MR) is 108 cm³/mol. The second-order valence-electron chi connectivity index (χ2n) is 6.51. The van der Waals surface area contributed by atoms with Crippen LogP contribution < -0.4 is 5.32 Å². The minimum atomic E-state index is -0.181. The fraction of sp³-hybridized carbons (Fsp3) is 0.0476. The highest BCUT2D eigenvalue weighted by molar-refractivity contribution is 6.04. The Morgan fingerprint density at radius 1 is 1.07 bits per heavy atom. The summed E-state index contributed by atoms with van der Waals surface area (Å²) in [5.41, 5.74) is 4.31. The monoisotopic (exact) mass is 368 g/mol.